The predicted octanol–water partition coefficient (Wildman–Crippen LogP) is 2.54. The summed E-state index contributed by atoms with van der Waals surface area (Å²) < 4.78 is 0. The molecule has 0 spiro atoms. The van der Waals surface area contributed by atoms with Gasteiger partial charge in [-0.3, -0.25) is 4.79 Å². The molecular weight excluding hydrogens is 262 g/mol. The van der Waals surface area contributed by atoms with Crippen molar-refractivity contribution in [3.8, 4) is 0 Å². The average Bonchev–Trinajstić information content (AvgIpc) is 2.87. The Morgan fingerprint density at radius 1 is 1.33 bits per heavy atom. The predicted molar refractivity (Wildman–Crippen MR) is 87.1 cm³/mol. The van der Waals surface area contributed by atoms with Crippen molar-refractivity contribution in [2.45, 2.75) is 32.7 Å². The summed E-state index contributed by atoms with van der Waals surface area (Å²) in [5, 5.41) is 1.12. The van der Waals surface area contributed by atoms with Gasteiger partial charge in [-0.25, -0.2) is 0 Å². The number of amides is 1. The number of hydrogen-bond acceptors (Lipinski definition) is 2. The lowest BCUT2D eigenvalue weighted by Gasteiger charge is -2.21. The first-order valence-electron chi connectivity index (χ1n) is 7.53. The minimum atomic E-state index is 0.135. The number of H-pyrrole nitrogens is 1. The van der Waals surface area contributed by atoms with Crippen LogP contribution in [0, 0.1) is 5.92 Å². The molecule has 1 aromatic heterocycles. The quantitative estimate of drug-likeness (QED) is 0.857. The number of aromatic amines is 1. The lowest BCUT2D eigenvalue weighted by molar-refractivity contribution is -0.129. The van der Waals surface area contributed by atoms with Crippen molar-refractivity contribution in [3.05, 3.63) is 36.0 Å². The molecule has 4 nitrogen and oxygen atoms in total. The fourth-order valence-corrected chi connectivity index (χ4v) is 2.38. The van der Waals surface area contributed by atoms with Gasteiger partial charge in [0, 0.05) is 36.7 Å². The molecule has 0 bridgehead atoms. The van der Waals surface area contributed by atoms with Crippen LogP contribution in [0.5, 0.6) is 0 Å². The molecule has 2 aromatic rings. The number of nitrogens with two attached hydrogens (primary N) is 1. The second kappa shape index (κ2) is 6.76. The van der Waals surface area contributed by atoms with Crippen LogP contribution in [-0.2, 0) is 11.2 Å². The topological polar surface area (TPSA) is 62.1 Å². The maximum absolute atomic E-state index is 12.3. The molecule has 1 aromatic carbocycles. The maximum Gasteiger partial charge on any atom is 0.226 e. The van der Waals surface area contributed by atoms with Crippen LogP contribution in [0.4, 0.5) is 0 Å². The van der Waals surface area contributed by atoms with Crippen molar-refractivity contribution in [1.29, 1.82) is 0 Å². The third kappa shape index (κ3) is 3.85. The highest BCUT2D eigenvalue weighted by Gasteiger charge is 2.14. The number of aromatic nitrogens is 1. The van der Waals surface area contributed by atoms with Gasteiger partial charge in [0.1, 0.15) is 0 Å². The van der Waals surface area contributed by atoms with E-state index < -0.39 is 0 Å². The summed E-state index contributed by atoms with van der Waals surface area (Å²) in [6, 6.07) is 8.20. The second-order valence-electron chi connectivity index (χ2n) is 6.05. The van der Waals surface area contributed by atoms with E-state index >= 15 is 0 Å². The normalized spacial score (nSPS) is 12.8. The van der Waals surface area contributed by atoms with Crippen LogP contribution >= 0.6 is 0 Å². The first kappa shape index (κ1) is 15.6. The van der Waals surface area contributed by atoms with Crippen LogP contribution in [0.1, 0.15) is 25.8 Å². The number of nitrogens with zero attached hydrogens (tertiary/aromatic N) is 1. The van der Waals surface area contributed by atoms with Crippen LogP contribution in [-0.4, -0.2) is 35.4 Å². The third-order valence-electron chi connectivity index (χ3n) is 4.10. The van der Waals surface area contributed by atoms with Crippen molar-refractivity contribution in [2.24, 2.45) is 11.7 Å². The van der Waals surface area contributed by atoms with Gasteiger partial charge in [0.2, 0.25) is 5.91 Å². The lowest BCUT2D eigenvalue weighted by atomic mass is 10.0. The molecule has 0 aliphatic heterocycles. The van der Waals surface area contributed by atoms with Gasteiger partial charge in [0.15, 0.2) is 0 Å². The van der Waals surface area contributed by atoms with E-state index in [1.165, 1.54) is 0 Å². The summed E-state index contributed by atoms with van der Waals surface area (Å²) in [5.41, 5.74) is 8.16. The summed E-state index contributed by atoms with van der Waals surface area (Å²) in [6.45, 7) is 4.93. The molecule has 3 N–H and O–H groups in total. The zero-order chi connectivity index (χ0) is 15.4. The smallest absolute Gasteiger partial charge is 0.226 e. The van der Waals surface area contributed by atoms with E-state index in [1.807, 2.05) is 37.5 Å². The van der Waals surface area contributed by atoms with E-state index in [-0.39, 0.29) is 11.9 Å². The van der Waals surface area contributed by atoms with Crippen molar-refractivity contribution in [3.63, 3.8) is 0 Å². The minimum Gasteiger partial charge on any atom is -0.361 e. The Morgan fingerprint density at radius 3 is 2.76 bits per heavy atom. The first-order chi connectivity index (χ1) is 9.99. The van der Waals surface area contributed by atoms with Gasteiger partial charge in [-0.05, 0) is 24.0 Å². The van der Waals surface area contributed by atoms with E-state index in [0.717, 1.165) is 22.9 Å². The SMILES string of the molecule is CC(C)C(N)CCN(C)C(=O)Cc1c[nH]c2ccccc12. The summed E-state index contributed by atoms with van der Waals surface area (Å²) >= 11 is 0. The van der Waals surface area contributed by atoms with E-state index in [1.54, 1.807) is 4.90 Å². The van der Waals surface area contributed by atoms with Crippen LogP contribution in [0.2, 0.25) is 0 Å². The van der Waals surface area contributed by atoms with Crippen LogP contribution in [0.3, 0.4) is 0 Å². The average molecular weight is 287 g/mol. The third-order valence-corrected chi connectivity index (χ3v) is 4.10. The fraction of sp³-hybridized carbons (Fsp3) is 0.471. The molecule has 1 heterocycles. The fourth-order valence-electron chi connectivity index (χ4n) is 2.38. The molecule has 0 radical (unpaired) electrons. The number of benzene rings is 1. The molecule has 2 rings (SSSR count). The highest BCUT2D eigenvalue weighted by atomic mass is 16.2. The number of fused-ring (bicyclic) bond motifs is 1. The van der Waals surface area contributed by atoms with E-state index in [9.17, 15) is 4.79 Å². The molecule has 1 unspecified atom stereocenters. The molecule has 1 amide bonds. The highest BCUT2D eigenvalue weighted by Crippen LogP contribution is 2.18. The molecule has 114 valence electrons. The van der Waals surface area contributed by atoms with Crippen molar-refractivity contribution in [1.82, 2.24) is 9.88 Å². The molecule has 0 aliphatic carbocycles. The molecule has 4 heteroatoms. The summed E-state index contributed by atoms with van der Waals surface area (Å²) in [5.74, 6) is 0.581. The standard InChI is InChI=1S/C17H25N3O/c1-12(2)15(18)8-9-20(3)17(21)10-13-11-19-16-7-5-4-6-14(13)16/h4-7,11-12,15,19H,8-10,18H2,1-3H3. The number of carbonyl (C=O) groups excluding carboxylic acids is 1. The number of hydrogen-bond donors (Lipinski definition) is 2. The first-order valence-corrected chi connectivity index (χ1v) is 7.53. The Labute approximate surface area is 126 Å². The molecule has 0 saturated heterocycles. The van der Waals surface area contributed by atoms with Crippen LogP contribution < -0.4 is 5.73 Å². The van der Waals surface area contributed by atoms with Crippen LogP contribution in [0.15, 0.2) is 30.5 Å². The van der Waals surface area contributed by atoms with Crippen molar-refractivity contribution < 1.29 is 4.79 Å². The van der Waals surface area contributed by atoms with Gasteiger partial charge in [-0.1, -0.05) is 32.0 Å². The highest BCUT2D eigenvalue weighted by molar-refractivity contribution is 5.88. The summed E-state index contributed by atoms with van der Waals surface area (Å²) in [4.78, 5) is 17.3. The van der Waals surface area contributed by atoms with E-state index in [0.29, 0.717) is 18.9 Å². The second-order valence-corrected chi connectivity index (χ2v) is 6.05. The molecule has 0 fully saturated rings. The van der Waals surface area contributed by atoms with E-state index in [2.05, 4.69) is 18.8 Å². The molecule has 0 saturated carbocycles. The van der Waals surface area contributed by atoms with E-state index in [4.69, 9.17) is 5.73 Å². The lowest BCUT2D eigenvalue weighted by Crippen LogP contribution is -2.35. The Bertz CT molecular complexity index is 603. The Hall–Kier alpha value is -1.81. The van der Waals surface area contributed by atoms with Gasteiger partial charge in [-0.15, -0.1) is 0 Å². The number of para-hydroxylation sites is 1. The monoisotopic (exact) mass is 287 g/mol. The van der Waals surface area contributed by atoms with Crippen molar-refractivity contribution in [2.75, 3.05) is 13.6 Å². The number of carbonyl (C=O) groups is 1. The summed E-state index contributed by atoms with van der Waals surface area (Å²) in [6.07, 6.45) is 3.20. The van der Waals surface area contributed by atoms with Gasteiger partial charge >= 0.3 is 0 Å². The zero-order valence-corrected chi connectivity index (χ0v) is 13.1. The Balaban J connectivity index is 1.94. The summed E-state index contributed by atoms with van der Waals surface area (Å²) in [7, 11) is 1.85. The molecule has 0 aliphatic rings. The molecular formula is C17H25N3O. The van der Waals surface area contributed by atoms with Crippen molar-refractivity contribution >= 4 is 16.8 Å². The largest absolute Gasteiger partial charge is 0.361 e. The Morgan fingerprint density at radius 2 is 2.05 bits per heavy atom. The molecule has 21 heavy (non-hydrogen) atoms. The molecule has 1 atom stereocenters. The maximum atomic E-state index is 12.3. The number of nitrogens with one attached hydrogen (secondary N) is 1. The van der Waals surface area contributed by atoms with Gasteiger partial charge in [-0.2, -0.15) is 0 Å². The van der Waals surface area contributed by atoms with Gasteiger partial charge in [0.25, 0.3) is 0 Å². The number of likely N-dealkylation sites (N-methyl/N-ethyl adjacent to an activating group) is 1. The van der Waals surface area contributed by atoms with Crippen LogP contribution in [0.25, 0.3) is 10.9 Å². The van der Waals surface area contributed by atoms with Gasteiger partial charge < -0.3 is 15.6 Å². The minimum absolute atomic E-state index is 0.135. The Kier molecular flexibility index (Phi) is 5.02. The zero-order valence-electron chi connectivity index (χ0n) is 13.1. The van der Waals surface area contributed by atoms with Gasteiger partial charge in [0.05, 0.1) is 6.42 Å². The number of rotatable bonds is 6.